The molecule has 0 aliphatic heterocycles. The summed E-state index contributed by atoms with van der Waals surface area (Å²) in [6, 6.07) is 48.5. The Kier molecular flexibility index (Phi) is 7.54. The monoisotopic (exact) mass is 634 g/mol. The van der Waals surface area contributed by atoms with Crippen molar-refractivity contribution in [2.24, 2.45) is 4.99 Å². The molecule has 0 heterocycles. The van der Waals surface area contributed by atoms with Crippen LogP contribution in [-0.2, 0) is 0 Å². The van der Waals surface area contributed by atoms with Crippen LogP contribution in [0, 0.1) is 0 Å². The van der Waals surface area contributed by atoms with Crippen molar-refractivity contribution in [1.29, 1.82) is 0 Å². The number of nitrogens with one attached hydrogen (secondary N) is 1. The number of rotatable bonds is 6. The molecule has 0 saturated heterocycles. The molecule has 0 aliphatic rings. The number of fused-ring (bicyclic) bond motifs is 4. The van der Waals surface area contributed by atoms with Crippen LogP contribution in [-0.4, -0.2) is 15.9 Å². The predicted octanol–water partition coefficient (Wildman–Crippen LogP) is 12.2. The second-order valence-electron chi connectivity index (χ2n) is 12.5. The number of hydrogen-bond donors (Lipinski definition) is 3. The number of phenols is 2. The summed E-state index contributed by atoms with van der Waals surface area (Å²) in [7, 11) is 0. The van der Waals surface area contributed by atoms with Crippen LogP contribution in [0.3, 0.4) is 0 Å². The van der Waals surface area contributed by atoms with E-state index in [1.165, 1.54) is 0 Å². The topological polar surface area (TPSA) is 64.8 Å². The minimum atomic E-state index is 0.220. The van der Waals surface area contributed by atoms with Crippen LogP contribution in [0.15, 0.2) is 162 Å². The highest BCUT2D eigenvalue weighted by molar-refractivity contribution is 6.13. The summed E-state index contributed by atoms with van der Waals surface area (Å²) in [6.07, 6.45) is 2.03. The van der Waals surface area contributed by atoms with E-state index < -0.39 is 0 Å². The number of aliphatic imine (C=N–C) groups is 1. The molecule has 0 aromatic heterocycles. The average Bonchev–Trinajstić information content (AvgIpc) is 3.12. The van der Waals surface area contributed by atoms with E-state index in [1.54, 1.807) is 12.1 Å². The van der Waals surface area contributed by atoms with Gasteiger partial charge in [-0.25, -0.2) is 0 Å². The number of anilines is 1. The highest BCUT2D eigenvalue weighted by Gasteiger charge is 2.19. The fourth-order valence-electron chi connectivity index (χ4n) is 7.09. The lowest BCUT2D eigenvalue weighted by Crippen LogP contribution is -2.01. The molecule has 0 fully saturated rings. The first kappa shape index (κ1) is 30.0. The number of benzene rings is 8. The lowest BCUT2D eigenvalue weighted by Gasteiger charge is -2.18. The second-order valence-corrected chi connectivity index (χ2v) is 12.5. The largest absolute Gasteiger partial charge is 0.507 e. The van der Waals surface area contributed by atoms with Gasteiger partial charge in [0, 0.05) is 39.3 Å². The summed E-state index contributed by atoms with van der Waals surface area (Å²) in [6.45, 7) is 4.02. The summed E-state index contributed by atoms with van der Waals surface area (Å²) < 4.78 is 0. The maximum Gasteiger partial charge on any atom is 0.124 e. The van der Waals surface area contributed by atoms with Gasteiger partial charge in [-0.3, -0.25) is 4.99 Å². The van der Waals surface area contributed by atoms with Gasteiger partial charge >= 0.3 is 0 Å². The summed E-state index contributed by atoms with van der Waals surface area (Å²) in [5, 5.41) is 34.5. The number of aromatic hydroxyl groups is 2. The molecule has 0 atom stereocenters. The van der Waals surface area contributed by atoms with Gasteiger partial charge in [0.1, 0.15) is 11.5 Å². The summed E-state index contributed by atoms with van der Waals surface area (Å²) >= 11 is 0. The molecule has 4 nitrogen and oxygen atoms in total. The van der Waals surface area contributed by atoms with Crippen LogP contribution < -0.4 is 5.32 Å². The van der Waals surface area contributed by atoms with Crippen molar-refractivity contribution in [2.45, 2.75) is 13.8 Å². The van der Waals surface area contributed by atoms with Crippen LogP contribution in [0.5, 0.6) is 11.5 Å². The molecule has 8 rings (SSSR count). The minimum absolute atomic E-state index is 0.220. The van der Waals surface area contributed by atoms with Gasteiger partial charge in [0.25, 0.3) is 0 Å². The van der Waals surface area contributed by atoms with Crippen molar-refractivity contribution in [3.8, 4) is 33.8 Å². The first-order chi connectivity index (χ1) is 24.0. The number of nitrogens with zero attached hydrogens (tertiary/aromatic N) is 1. The van der Waals surface area contributed by atoms with Crippen molar-refractivity contribution < 1.29 is 10.2 Å². The molecule has 8 aromatic rings. The van der Waals surface area contributed by atoms with E-state index in [2.05, 4.69) is 72.0 Å². The molecule has 4 heteroatoms. The standard InChI is InChI=1S/C45H34N2O2/c1-28(46-38-23-19-30-11-3-7-15-34(30)42(38)44-36-17-9-5-13-32(36)21-25-40(44)48)27-29(2)47-39-24-20-31-12-4-8-16-35(31)43(39)45-37-18-10-6-14-33(37)22-26-41(45)49/h3-27,46,48-49H,1-2H3/b28-27-,47-29?. The molecular formula is C45H34N2O2. The van der Waals surface area contributed by atoms with Crippen LogP contribution >= 0.6 is 0 Å². The fourth-order valence-corrected chi connectivity index (χ4v) is 7.09. The van der Waals surface area contributed by atoms with E-state index in [4.69, 9.17) is 4.99 Å². The predicted molar refractivity (Wildman–Crippen MR) is 207 cm³/mol. The number of phenolic OH excluding ortho intramolecular Hbond substituents is 2. The van der Waals surface area contributed by atoms with Crippen LogP contribution in [0.2, 0.25) is 0 Å². The summed E-state index contributed by atoms with van der Waals surface area (Å²) in [5.41, 5.74) is 6.77. The Morgan fingerprint density at radius 3 is 1.41 bits per heavy atom. The van der Waals surface area contributed by atoms with Crippen molar-refractivity contribution in [3.63, 3.8) is 0 Å². The SMILES string of the molecule is CC(/C=C(/C)Nc1ccc2ccccc2c1-c1c(O)ccc2ccccc12)=Nc1ccc2ccccc2c1-c1c(O)ccc2ccccc12. The highest BCUT2D eigenvalue weighted by atomic mass is 16.3. The smallest absolute Gasteiger partial charge is 0.124 e. The maximum atomic E-state index is 11.3. The van der Waals surface area contributed by atoms with Crippen molar-refractivity contribution in [1.82, 2.24) is 0 Å². The van der Waals surface area contributed by atoms with Gasteiger partial charge < -0.3 is 15.5 Å². The van der Waals surface area contributed by atoms with Gasteiger partial charge in [-0.1, -0.05) is 121 Å². The zero-order valence-corrected chi connectivity index (χ0v) is 27.3. The molecule has 8 aromatic carbocycles. The summed E-state index contributed by atoms with van der Waals surface area (Å²) in [4.78, 5) is 5.15. The van der Waals surface area contributed by atoms with Gasteiger partial charge in [0.05, 0.1) is 5.69 Å². The second kappa shape index (κ2) is 12.3. The van der Waals surface area contributed by atoms with Crippen LogP contribution in [0.4, 0.5) is 11.4 Å². The van der Waals surface area contributed by atoms with E-state index in [0.717, 1.165) is 88.1 Å². The van der Waals surface area contributed by atoms with Gasteiger partial charge in [-0.15, -0.1) is 0 Å². The summed E-state index contributed by atoms with van der Waals surface area (Å²) in [5.74, 6) is 0.455. The maximum absolute atomic E-state index is 11.3. The molecule has 0 saturated carbocycles. The third-order valence-corrected chi connectivity index (χ3v) is 9.20. The Hall–Kier alpha value is -6.39. The van der Waals surface area contributed by atoms with E-state index in [0.29, 0.717) is 0 Å². The normalized spacial score (nSPS) is 12.3. The first-order valence-electron chi connectivity index (χ1n) is 16.4. The van der Waals surface area contributed by atoms with E-state index in [1.807, 2.05) is 86.7 Å². The average molecular weight is 635 g/mol. The molecule has 0 aliphatic carbocycles. The molecule has 0 spiro atoms. The van der Waals surface area contributed by atoms with Gasteiger partial charge in [-0.05, 0) is 87.3 Å². The minimum Gasteiger partial charge on any atom is -0.507 e. The Labute approximate surface area is 284 Å². The Morgan fingerprint density at radius 1 is 0.469 bits per heavy atom. The molecular weight excluding hydrogens is 601 g/mol. The van der Waals surface area contributed by atoms with E-state index in [9.17, 15) is 10.2 Å². The van der Waals surface area contributed by atoms with Crippen molar-refractivity contribution >= 4 is 60.2 Å². The highest BCUT2D eigenvalue weighted by Crippen LogP contribution is 2.46. The first-order valence-corrected chi connectivity index (χ1v) is 16.4. The van der Waals surface area contributed by atoms with Gasteiger partial charge in [0.2, 0.25) is 0 Å². The quantitative estimate of drug-likeness (QED) is 0.159. The van der Waals surface area contributed by atoms with Crippen LogP contribution in [0.25, 0.3) is 65.3 Å². The Bertz CT molecular complexity index is 2630. The van der Waals surface area contributed by atoms with Gasteiger partial charge in [0.15, 0.2) is 0 Å². The molecule has 3 N–H and O–H groups in total. The lowest BCUT2D eigenvalue weighted by molar-refractivity contribution is 0.477. The van der Waals surface area contributed by atoms with Crippen molar-refractivity contribution in [3.05, 3.63) is 157 Å². The van der Waals surface area contributed by atoms with Gasteiger partial charge in [-0.2, -0.15) is 0 Å². The fraction of sp³-hybridized carbons (Fsp3) is 0.0444. The molecule has 236 valence electrons. The molecule has 0 unspecified atom stereocenters. The number of hydrogen-bond acceptors (Lipinski definition) is 4. The molecule has 0 radical (unpaired) electrons. The molecule has 0 bridgehead atoms. The van der Waals surface area contributed by atoms with E-state index >= 15 is 0 Å². The zero-order valence-electron chi connectivity index (χ0n) is 27.3. The van der Waals surface area contributed by atoms with Crippen molar-refractivity contribution in [2.75, 3.05) is 5.32 Å². The molecule has 49 heavy (non-hydrogen) atoms. The Balaban J connectivity index is 1.25. The lowest BCUT2D eigenvalue weighted by atomic mass is 9.91. The molecule has 0 amide bonds. The number of allylic oxidation sites excluding steroid dienone is 2. The zero-order chi connectivity index (χ0) is 33.5. The van der Waals surface area contributed by atoms with E-state index in [-0.39, 0.29) is 11.5 Å². The van der Waals surface area contributed by atoms with Crippen LogP contribution in [0.1, 0.15) is 13.8 Å². The third-order valence-electron chi connectivity index (χ3n) is 9.20. The third kappa shape index (κ3) is 5.43. The Morgan fingerprint density at radius 2 is 0.878 bits per heavy atom.